The zero-order valence-electron chi connectivity index (χ0n) is 16.7. The van der Waals surface area contributed by atoms with Gasteiger partial charge in [0.05, 0.1) is 36.1 Å². The average Bonchev–Trinajstić information content (AvgIpc) is 3.45. The molecule has 7 nitrogen and oxygen atoms in total. The maximum Gasteiger partial charge on any atom is 0.170 e. The van der Waals surface area contributed by atoms with E-state index in [1.165, 1.54) is 6.07 Å². The molecule has 0 unspecified atom stereocenters. The molecule has 2 aliphatic rings. The van der Waals surface area contributed by atoms with Crippen LogP contribution in [-0.4, -0.2) is 37.4 Å². The lowest BCUT2D eigenvalue weighted by atomic mass is 9.93. The summed E-state index contributed by atoms with van der Waals surface area (Å²) in [5.74, 6) is 2.25. The molecule has 0 N–H and O–H groups in total. The Kier molecular flexibility index (Phi) is 3.65. The number of aromatic nitrogens is 5. The van der Waals surface area contributed by atoms with Crippen LogP contribution in [0.2, 0.25) is 0 Å². The molecule has 0 saturated heterocycles. The van der Waals surface area contributed by atoms with Gasteiger partial charge in [-0.3, -0.25) is 4.40 Å². The van der Waals surface area contributed by atoms with Gasteiger partial charge in [0.25, 0.3) is 0 Å². The number of hydrogen-bond acceptors (Lipinski definition) is 5. The van der Waals surface area contributed by atoms with E-state index in [2.05, 4.69) is 15.2 Å². The lowest BCUT2D eigenvalue weighted by Gasteiger charge is -2.15. The van der Waals surface area contributed by atoms with Crippen molar-refractivity contribution in [1.29, 1.82) is 0 Å². The van der Waals surface area contributed by atoms with Crippen LogP contribution >= 0.6 is 0 Å². The molecule has 0 radical (unpaired) electrons. The topological polar surface area (TPSA) is 66.5 Å². The Morgan fingerprint density at radius 2 is 1.97 bits per heavy atom. The van der Waals surface area contributed by atoms with Crippen LogP contribution in [0.1, 0.15) is 28.6 Å². The van der Waals surface area contributed by atoms with Crippen LogP contribution in [-0.2, 0) is 19.9 Å². The predicted octanol–water partition coefficient (Wildman–Crippen LogP) is 3.23. The fraction of sp³-hybridized carbons (Fsp3) is 0.318. The summed E-state index contributed by atoms with van der Waals surface area (Å²) in [7, 11) is 1.96. The number of benzene rings is 1. The molecule has 0 bridgehead atoms. The molecule has 3 aromatic heterocycles. The van der Waals surface area contributed by atoms with E-state index in [9.17, 15) is 4.39 Å². The Labute approximate surface area is 172 Å². The molecular weight excluding hydrogens is 385 g/mol. The smallest absolute Gasteiger partial charge is 0.170 e. The van der Waals surface area contributed by atoms with Crippen molar-refractivity contribution in [2.24, 2.45) is 7.05 Å². The van der Waals surface area contributed by atoms with Crippen molar-refractivity contribution >= 4 is 5.65 Å². The molecule has 5 heterocycles. The van der Waals surface area contributed by atoms with Gasteiger partial charge in [0.15, 0.2) is 5.65 Å². The van der Waals surface area contributed by atoms with Gasteiger partial charge in [-0.15, -0.1) is 10.2 Å². The van der Waals surface area contributed by atoms with Crippen LogP contribution in [0, 0.1) is 12.7 Å². The van der Waals surface area contributed by atoms with E-state index in [4.69, 9.17) is 9.47 Å². The minimum Gasteiger partial charge on any atom is -0.493 e. The summed E-state index contributed by atoms with van der Waals surface area (Å²) >= 11 is 0. The summed E-state index contributed by atoms with van der Waals surface area (Å²) in [5, 5.41) is 8.47. The first-order valence-electron chi connectivity index (χ1n) is 10.0. The third-order valence-corrected chi connectivity index (χ3v) is 6.18. The average molecular weight is 405 g/mol. The molecule has 0 saturated carbocycles. The van der Waals surface area contributed by atoms with E-state index in [0.29, 0.717) is 26.1 Å². The Balaban J connectivity index is 1.52. The van der Waals surface area contributed by atoms with Crippen LogP contribution in [0.5, 0.6) is 11.5 Å². The number of pyridine rings is 1. The molecule has 30 heavy (non-hydrogen) atoms. The van der Waals surface area contributed by atoms with E-state index < -0.39 is 0 Å². The van der Waals surface area contributed by atoms with E-state index >= 15 is 0 Å². The van der Waals surface area contributed by atoms with E-state index in [-0.39, 0.29) is 11.7 Å². The molecule has 4 aromatic rings. The van der Waals surface area contributed by atoms with Gasteiger partial charge in [-0.05, 0) is 43.5 Å². The van der Waals surface area contributed by atoms with Gasteiger partial charge >= 0.3 is 0 Å². The van der Waals surface area contributed by atoms with Crippen molar-refractivity contribution in [2.45, 2.75) is 25.7 Å². The molecule has 8 heteroatoms. The van der Waals surface area contributed by atoms with Gasteiger partial charge in [-0.2, -0.15) is 0 Å². The highest BCUT2D eigenvalue weighted by Gasteiger charge is 2.31. The predicted molar refractivity (Wildman–Crippen MR) is 107 cm³/mol. The van der Waals surface area contributed by atoms with Crippen molar-refractivity contribution in [3.8, 4) is 22.8 Å². The highest BCUT2D eigenvalue weighted by atomic mass is 19.1. The van der Waals surface area contributed by atoms with Gasteiger partial charge in [0, 0.05) is 18.8 Å². The summed E-state index contributed by atoms with van der Waals surface area (Å²) < 4.78 is 30.7. The fourth-order valence-electron chi connectivity index (χ4n) is 4.54. The first-order chi connectivity index (χ1) is 14.6. The Hall–Kier alpha value is -3.42. The standard InChI is InChI=1S/C22H20FN5O2/c1-12-25-17(8-27(12)2)15-7-20-18(28-11-24-26-22(15)28)5-3-14-16(23)4-6-19-21(14)13(9-29-19)10-30-20/h4,6-8,11,13H,3,5,9-10H2,1-2H3/t13-/m1/s1. The van der Waals surface area contributed by atoms with Gasteiger partial charge < -0.3 is 14.0 Å². The molecular formula is C22H20FN5O2. The van der Waals surface area contributed by atoms with Gasteiger partial charge in [0.1, 0.15) is 29.5 Å². The van der Waals surface area contributed by atoms with Crippen LogP contribution in [0.15, 0.2) is 30.7 Å². The van der Waals surface area contributed by atoms with Gasteiger partial charge in [0.2, 0.25) is 0 Å². The second-order valence-electron chi connectivity index (χ2n) is 7.93. The Bertz CT molecular complexity index is 1290. The van der Waals surface area contributed by atoms with Crippen LogP contribution in [0.4, 0.5) is 4.39 Å². The third-order valence-electron chi connectivity index (χ3n) is 6.18. The Morgan fingerprint density at radius 1 is 1.13 bits per heavy atom. The van der Waals surface area contributed by atoms with Crippen molar-refractivity contribution in [1.82, 2.24) is 24.1 Å². The number of nitrogens with zero attached hydrogens (tertiary/aromatic N) is 5. The summed E-state index contributed by atoms with van der Waals surface area (Å²) in [4.78, 5) is 4.66. The molecule has 152 valence electrons. The van der Waals surface area contributed by atoms with Gasteiger partial charge in [-0.1, -0.05) is 0 Å². The molecule has 0 amide bonds. The number of rotatable bonds is 1. The third kappa shape index (κ3) is 2.46. The number of halogens is 1. The number of imidazole rings is 1. The molecule has 0 aliphatic carbocycles. The normalized spacial score (nSPS) is 17.5. The SMILES string of the molecule is Cc1nc(-c2cc3c(n4cnnc24)CCc2c(F)ccc4c2[C@H](CO4)CO3)cn1C. The first-order valence-corrected chi connectivity index (χ1v) is 10.0. The Morgan fingerprint density at radius 3 is 2.77 bits per heavy atom. The van der Waals surface area contributed by atoms with Crippen LogP contribution in [0.25, 0.3) is 16.9 Å². The summed E-state index contributed by atoms with van der Waals surface area (Å²) in [6.07, 6.45) is 4.82. The lowest BCUT2D eigenvalue weighted by Crippen LogP contribution is -2.13. The van der Waals surface area contributed by atoms with Crippen molar-refractivity contribution in [2.75, 3.05) is 13.2 Å². The molecule has 1 aromatic carbocycles. The highest BCUT2D eigenvalue weighted by Crippen LogP contribution is 2.41. The highest BCUT2D eigenvalue weighted by molar-refractivity contribution is 5.77. The van der Waals surface area contributed by atoms with Crippen molar-refractivity contribution in [3.05, 3.63) is 59.2 Å². The quantitative estimate of drug-likeness (QED) is 0.486. The van der Waals surface area contributed by atoms with Crippen molar-refractivity contribution < 1.29 is 13.9 Å². The molecule has 0 fully saturated rings. The monoisotopic (exact) mass is 405 g/mol. The summed E-state index contributed by atoms with van der Waals surface area (Å²) in [6.45, 7) is 2.88. The number of hydrogen-bond donors (Lipinski definition) is 0. The fourth-order valence-corrected chi connectivity index (χ4v) is 4.54. The van der Waals surface area contributed by atoms with Crippen molar-refractivity contribution in [3.63, 3.8) is 0 Å². The summed E-state index contributed by atoms with van der Waals surface area (Å²) in [6, 6.07) is 5.21. The zero-order chi connectivity index (χ0) is 20.4. The maximum atomic E-state index is 14.7. The lowest BCUT2D eigenvalue weighted by molar-refractivity contribution is 0.246. The molecule has 2 aliphatic heterocycles. The maximum absolute atomic E-state index is 14.7. The minimum absolute atomic E-state index is 0.00815. The largest absolute Gasteiger partial charge is 0.493 e. The number of fused-ring (bicyclic) bond motifs is 3. The van der Waals surface area contributed by atoms with Crippen LogP contribution in [0.3, 0.4) is 0 Å². The molecule has 6 rings (SSSR count). The van der Waals surface area contributed by atoms with E-state index in [1.54, 1.807) is 12.4 Å². The molecule has 0 spiro atoms. The van der Waals surface area contributed by atoms with Gasteiger partial charge in [-0.25, -0.2) is 9.37 Å². The van der Waals surface area contributed by atoms with E-state index in [1.807, 2.05) is 35.2 Å². The number of ether oxygens (including phenoxy) is 2. The van der Waals surface area contributed by atoms with E-state index in [0.717, 1.165) is 51.0 Å². The first kappa shape index (κ1) is 17.4. The second-order valence-corrected chi connectivity index (χ2v) is 7.93. The van der Waals surface area contributed by atoms with Crippen LogP contribution < -0.4 is 9.47 Å². The zero-order valence-corrected chi connectivity index (χ0v) is 16.7. The summed E-state index contributed by atoms with van der Waals surface area (Å²) in [5.41, 5.74) is 5.00. The molecule has 1 atom stereocenters. The number of aryl methyl sites for hydroxylation is 3. The minimum atomic E-state index is -0.187. The second kappa shape index (κ2) is 6.29.